The number of aromatic nitrogens is 1. The molecule has 106 valence electrons. The van der Waals surface area contributed by atoms with Crippen LogP contribution >= 0.6 is 15.9 Å². The molecule has 4 nitrogen and oxygen atoms in total. The van der Waals surface area contributed by atoms with Crippen molar-refractivity contribution in [3.63, 3.8) is 0 Å². The Kier molecular flexibility index (Phi) is 4.98. The summed E-state index contributed by atoms with van der Waals surface area (Å²) in [6.07, 6.45) is 1.67. The summed E-state index contributed by atoms with van der Waals surface area (Å²) in [5, 5.41) is 4.32. The fraction of sp³-hybridized carbons (Fsp3) is 0.267. The number of nitrogens with one attached hydrogen (secondary N) is 1. The number of nitrogen functional groups attached to an aromatic ring is 1. The number of pyridine rings is 1. The molecular weight excluding hydrogens is 318 g/mol. The van der Waals surface area contributed by atoms with Crippen molar-refractivity contribution in [2.75, 3.05) is 30.8 Å². The van der Waals surface area contributed by atoms with Crippen molar-refractivity contribution in [1.29, 1.82) is 0 Å². The molecule has 0 radical (unpaired) electrons. The smallest absolute Gasteiger partial charge is 0.0743 e. The fourth-order valence-electron chi connectivity index (χ4n) is 1.87. The normalized spacial score (nSPS) is 10.7. The van der Waals surface area contributed by atoms with Gasteiger partial charge in [0.25, 0.3) is 0 Å². The maximum absolute atomic E-state index is 6.00. The second-order valence-corrected chi connectivity index (χ2v) is 5.60. The molecule has 1 aromatic heterocycles. The van der Waals surface area contributed by atoms with Crippen LogP contribution in [0.15, 0.2) is 41.0 Å². The molecule has 0 unspecified atom stereocenters. The summed E-state index contributed by atoms with van der Waals surface area (Å²) in [7, 11) is 0. The third kappa shape index (κ3) is 3.71. The Labute approximate surface area is 127 Å². The van der Waals surface area contributed by atoms with E-state index in [1.54, 1.807) is 6.20 Å². The molecule has 1 heterocycles. The van der Waals surface area contributed by atoms with Gasteiger partial charge in [-0.15, -0.1) is 0 Å². The van der Waals surface area contributed by atoms with E-state index in [9.17, 15) is 0 Å². The monoisotopic (exact) mass is 335 g/mol. The Morgan fingerprint density at radius 1 is 1.50 bits per heavy atom. The number of hydrogen-bond donors (Lipinski definition) is 2. The van der Waals surface area contributed by atoms with Crippen LogP contribution in [0.1, 0.15) is 6.92 Å². The minimum Gasteiger partial charge on any atom is -0.396 e. The Morgan fingerprint density at radius 2 is 2.30 bits per heavy atom. The van der Waals surface area contributed by atoms with E-state index >= 15 is 0 Å². The van der Waals surface area contributed by atoms with Crippen molar-refractivity contribution in [1.82, 2.24) is 4.98 Å². The molecule has 2 aromatic rings. The Balaban J connectivity index is 2.10. The maximum Gasteiger partial charge on any atom is 0.0743 e. The number of rotatable bonds is 6. The highest BCUT2D eigenvalue weighted by Gasteiger charge is 2.06. The Bertz CT molecular complexity index is 623. The van der Waals surface area contributed by atoms with Crippen LogP contribution in [0.2, 0.25) is 0 Å². The number of anilines is 2. The number of fused-ring (bicyclic) bond motifs is 1. The van der Waals surface area contributed by atoms with Gasteiger partial charge >= 0.3 is 0 Å². The summed E-state index contributed by atoms with van der Waals surface area (Å²) in [6.45, 7) is 7.61. The maximum atomic E-state index is 6.00. The van der Waals surface area contributed by atoms with Gasteiger partial charge in [0.05, 0.1) is 36.3 Å². The van der Waals surface area contributed by atoms with E-state index in [-0.39, 0.29) is 0 Å². The average molecular weight is 336 g/mol. The third-order valence-corrected chi connectivity index (χ3v) is 3.25. The Morgan fingerprint density at radius 3 is 3.05 bits per heavy atom. The molecule has 3 N–H and O–H groups in total. The summed E-state index contributed by atoms with van der Waals surface area (Å²) in [4.78, 5) is 4.32. The molecule has 0 amide bonds. The quantitative estimate of drug-likeness (QED) is 0.625. The molecule has 0 spiro atoms. The van der Waals surface area contributed by atoms with Gasteiger partial charge in [-0.05, 0) is 25.1 Å². The van der Waals surface area contributed by atoms with Crippen LogP contribution in [-0.2, 0) is 4.74 Å². The van der Waals surface area contributed by atoms with Crippen molar-refractivity contribution in [2.24, 2.45) is 0 Å². The van der Waals surface area contributed by atoms with Crippen LogP contribution in [0.5, 0.6) is 0 Å². The van der Waals surface area contributed by atoms with E-state index in [0.717, 1.165) is 26.6 Å². The number of hydrogen-bond acceptors (Lipinski definition) is 4. The van der Waals surface area contributed by atoms with Gasteiger partial charge in [-0.3, -0.25) is 4.98 Å². The van der Waals surface area contributed by atoms with Gasteiger partial charge in [0, 0.05) is 16.4 Å². The number of ether oxygens (including phenoxy) is 1. The molecule has 0 aliphatic rings. The molecule has 1 aromatic carbocycles. The number of halogens is 1. The molecule has 0 aliphatic carbocycles. The lowest BCUT2D eigenvalue weighted by Gasteiger charge is -2.12. The third-order valence-electron chi connectivity index (χ3n) is 2.76. The lowest BCUT2D eigenvalue weighted by molar-refractivity contribution is 0.167. The summed E-state index contributed by atoms with van der Waals surface area (Å²) in [6, 6.07) is 5.93. The predicted octanol–water partition coefficient (Wildman–Crippen LogP) is 3.58. The van der Waals surface area contributed by atoms with Crippen LogP contribution in [-0.4, -0.2) is 24.7 Å². The summed E-state index contributed by atoms with van der Waals surface area (Å²) in [5.41, 5.74) is 9.46. The molecule has 0 aliphatic heterocycles. The molecule has 0 bridgehead atoms. The fourth-order valence-corrected chi connectivity index (χ4v) is 2.23. The SMILES string of the molecule is C=C(C)COCCNc1c(N)cnc2ccc(Br)cc12. The molecule has 2 rings (SSSR count). The number of nitrogens with two attached hydrogens (primary N) is 1. The second kappa shape index (κ2) is 6.72. The van der Waals surface area contributed by atoms with Crippen molar-refractivity contribution < 1.29 is 4.74 Å². The predicted molar refractivity (Wildman–Crippen MR) is 88.0 cm³/mol. The highest BCUT2D eigenvalue weighted by Crippen LogP contribution is 2.29. The summed E-state index contributed by atoms with van der Waals surface area (Å²) >= 11 is 3.47. The molecule has 5 heteroatoms. The molecule has 0 fully saturated rings. The van der Waals surface area contributed by atoms with Crippen LogP contribution in [0.3, 0.4) is 0 Å². The number of benzene rings is 1. The van der Waals surface area contributed by atoms with Gasteiger partial charge in [-0.2, -0.15) is 0 Å². The zero-order valence-electron chi connectivity index (χ0n) is 11.4. The first kappa shape index (κ1) is 14.8. The van der Waals surface area contributed by atoms with Gasteiger partial charge in [0.1, 0.15) is 0 Å². The lowest BCUT2D eigenvalue weighted by Crippen LogP contribution is -2.12. The zero-order chi connectivity index (χ0) is 14.5. The minimum atomic E-state index is 0.583. The first-order chi connectivity index (χ1) is 9.58. The lowest BCUT2D eigenvalue weighted by atomic mass is 10.1. The van der Waals surface area contributed by atoms with Crippen molar-refractivity contribution in [3.8, 4) is 0 Å². The van der Waals surface area contributed by atoms with Crippen LogP contribution in [0, 0.1) is 0 Å². The van der Waals surface area contributed by atoms with Crippen LogP contribution < -0.4 is 11.1 Å². The zero-order valence-corrected chi connectivity index (χ0v) is 13.0. The van der Waals surface area contributed by atoms with E-state index in [1.165, 1.54) is 0 Å². The van der Waals surface area contributed by atoms with E-state index in [1.807, 2.05) is 25.1 Å². The van der Waals surface area contributed by atoms with Crippen molar-refractivity contribution in [3.05, 3.63) is 41.0 Å². The second-order valence-electron chi connectivity index (χ2n) is 4.69. The van der Waals surface area contributed by atoms with Gasteiger partial charge in [-0.25, -0.2) is 0 Å². The van der Waals surface area contributed by atoms with Gasteiger partial charge in [0.15, 0.2) is 0 Å². The minimum absolute atomic E-state index is 0.583. The van der Waals surface area contributed by atoms with Crippen LogP contribution in [0.25, 0.3) is 10.9 Å². The van der Waals surface area contributed by atoms with Gasteiger partial charge in [0.2, 0.25) is 0 Å². The van der Waals surface area contributed by atoms with E-state index < -0.39 is 0 Å². The van der Waals surface area contributed by atoms with Crippen LogP contribution in [0.4, 0.5) is 11.4 Å². The summed E-state index contributed by atoms with van der Waals surface area (Å²) in [5.74, 6) is 0. The first-order valence-corrected chi connectivity index (χ1v) is 7.17. The molecular formula is C15H18BrN3O. The Hall–Kier alpha value is -1.59. The highest BCUT2D eigenvalue weighted by atomic mass is 79.9. The average Bonchev–Trinajstić information content (AvgIpc) is 2.40. The first-order valence-electron chi connectivity index (χ1n) is 6.37. The largest absolute Gasteiger partial charge is 0.396 e. The van der Waals surface area contributed by atoms with Gasteiger partial charge < -0.3 is 15.8 Å². The molecule has 0 saturated carbocycles. The summed E-state index contributed by atoms with van der Waals surface area (Å²) < 4.78 is 6.46. The number of nitrogens with zero attached hydrogens (tertiary/aromatic N) is 1. The van der Waals surface area contributed by atoms with E-state index in [0.29, 0.717) is 25.4 Å². The van der Waals surface area contributed by atoms with Crippen molar-refractivity contribution >= 4 is 38.2 Å². The molecule has 0 atom stereocenters. The standard InChI is InChI=1S/C15H18BrN3O/c1-10(2)9-20-6-5-18-15-12-7-11(16)3-4-14(12)19-8-13(15)17/h3-4,7-8H,1,5-6,9,17H2,2H3,(H,18,19). The van der Waals surface area contributed by atoms with E-state index in [2.05, 4.69) is 32.8 Å². The highest BCUT2D eigenvalue weighted by molar-refractivity contribution is 9.10. The topological polar surface area (TPSA) is 60.2 Å². The van der Waals surface area contributed by atoms with E-state index in [4.69, 9.17) is 10.5 Å². The molecule has 20 heavy (non-hydrogen) atoms. The van der Waals surface area contributed by atoms with Crippen molar-refractivity contribution in [2.45, 2.75) is 6.92 Å². The van der Waals surface area contributed by atoms with Gasteiger partial charge in [-0.1, -0.05) is 28.1 Å². The molecule has 0 saturated heterocycles.